The van der Waals surface area contributed by atoms with E-state index in [2.05, 4.69) is 4.98 Å². The third-order valence-electron chi connectivity index (χ3n) is 4.28. The normalized spacial score (nSPS) is 10.5. The molecule has 1 aromatic heterocycles. The number of anilines is 1. The summed E-state index contributed by atoms with van der Waals surface area (Å²) in [6.07, 6.45) is 3.32. The number of aliphatic hydroxyl groups is 1. The van der Waals surface area contributed by atoms with Crippen molar-refractivity contribution in [1.82, 2.24) is 4.98 Å². The number of ketones is 1. The Kier molecular flexibility index (Phi) is 6.08. The smallest absolute Gasteiger partial charge is 0.293 e. The fourth-order valence-corrected chi connectivity index (χ4v) is 2.95. The third kappa shape index (κ3) is 4.39. The highest BCUT2D eigenvalue weighted by Gasteiger charge is 2.22. The van der Waals surface area contributed by atoms with Gasteiger partial charge in [0.2, 0.25) is 0 Å². The van der Waals surface area contributed by atoms with E-state index < -0.39 is 4.92 Å². The SMILES string of the molecule is O=C(c1ccccc1)c1ccc(N(CCO)Cc2cccnc2)c([N+](=O)[O-])c1. The maximum atomic E-state index is 12.6. The lowest BCUT2D eigenvalue weighted by molar-refractivity contribution is -0.384. The number of carbonyl (C=O) groups excluding carboxylic acids is 1. The van der Waals surface area contributed by atoms with E-state index in [0.29, 0.717) is 17.8 Å². The number of aromatic nitrogens is 1. The van der Waals surface area contributed by atoms with Crippen LogP contribution in [0.15, 0.2) is 73.1 Å². The van der Waals surface area contributed by atoms with Gasteiger partial charge in [-0.25, -0.2) is 0 Å². The topological polar surface area (TPSA) is 96.6 Å². The number of nitrogens with zero attached hydrogens (tertiary/aromatic N) is 3. The van der Waals surface area contributed by atoms with Crippen molar-refractivity contribution >= 4 is 17.2 Å². The lowest BCUT2D eigenvalue weighted by atomic mass is 10.0. The summed E-state index contributed by atoms with van der Waals surface area (Å²) in [4.78, 5) is 29.6. The Balaban J connectivity index is 1.97. The molecule has 1 N–H and O–H groups in total. The summed E-state index contributed by atoms with van der Waals surface area (Å²) in [5.41, 5.74) is 1.72. The molecule has 7 heteroatoms. The standard InChI is InChI=1S/C21H19N3O4/c25-12-11-23(15-16-5-4-10-22-14-16)19-9-8-18(13-20(19)24(27)28)21(26)17-6-2-1-3-7-17/h1-10,13-14,25H,11-12,15H2. The molecule has 0 amide bonds. The monoisotopic (exact) mass is 377 g/mol. The second-order valence-corrected chi connectivity index (χ2v) is 6.16. The van der Waals surface area contributed by atoms with Crippen LogP contribution in [0, 0.1) is 10.1 Å². The van der Waals surface area contributed by atoms with Crippen molar-refractivity contribution in [1.29, 1.82) is 0 Å². The fourth-order valence-electron chi connectivity index (χ4n) is 2.95. The fraction of sp³-hybridized carbons (Fsp3) is 0.143. The van der Waals surface area contributed by atoms with Gasteiger partial charge in [0.05, 0.1) is 11.5 Å². The van der Waals surface area contributed by atoms with Gasteiger partial charge in [-0.05, 0) is 23.8 Å². The van der Waals surface area contributed by atoms with Gasteiger partial charge in [0, 0.05) is 42.7 Å². The maximum absolute atomic E-state index is 12.6. The summed E-state index contributed by atoms with van der Waals surface area (Å²) in [6.45, 7) is 0.394. The highest BCUT2D eigenvalue weighted by atomic mass is 16.6. The molecule has 7 nitrogen and oxygen atoms in total. The van der Waals surface area contributed by atoms with Crippen LogP contribution in [0.3, 0.4) is 0 Å². The molecule has 0 aliphatic rings. The molecule has 0 bridgehead atoms. The van der Waals surface area contributed by atoms with Crippen LogP contribution in [-0.4, -0.2) is 33.9 Å². The molecule has 0 aliphatic carbocycles. The van der Waals surface area contributed by atoms with E-state index in [0.717, 1.165) is 5.56 Å². The summed E-state index contributed by atoms with van der Waals surface area (Å²) in [6, 6.07) is 16.7. The number of pyridine rings is 1. The summed E-state index contributed by atoms with van der Waals surface area (Å²) < 4.78 is 0. The van der Waals surface area contributed by atoms with Gasteiger partial charge in [0.25, 0.3) is 5.69 Å². The van der Waals surface area contributed by atoms with Crippen LogP contribution in [-0.2, 0) is 6.54 Å². The number of nitro benzene ring substituents is 1. The van der Waals surface area contributed by atoms with Crippen LogP contribution in [0.1, 0.15) is 21.5 Å². The number of benzene rings is 2. The number of nitro groups is 1. The van der Waals surface area contributed by atoms with Crippen LogP contribution in [0.5, 0.6) is 0 Å². The Morgan fingerprint density at radius 2 is 1.86 bits per heavy atom. The predicted molar refractivity (Wildman–Crippen MR) is 105 cm³/mol. The van der Waals surface area contributed by atoms with Crippen molar-refractivity contribution < 1.29 is 14.8 Å². The van der Waals surface area contributed by atoms with E-state index in [9.17, 15) is 20.0 Å². The van der Waals surface area contributed by atoms with Gasteiger partial charge in [-0.1, -0.05) is 36.4 Å². The Hall–Kier alpha value is -3.58. The molecule has 3 rings (SSSR count). The van der Waals surface area contributed by atoms with Crippen molar-refractivity contribution in [3.8, 4) is 0 Å². The van der Waals surface area contributed by atoms with E-state index in [4.69, 9.17) is 0 Å². The molecular weight excluding hydrogens is 358 g/mol. The molecule has 0 saturated heterocycles. The largest absolute Gasteiger partial charge is 0.395 e. The lowest BCUT2D eigenvalue weighted by Gasteiger charge is -2.24. The van der Waals surface area contributed by atoms with E-state index >= 15 is 0 Å². The van der Waals surface area contributed by atoms with E-state index in [1.165, 1.54) is 6.07 Å². The third-order valence-corrected chi connectivity index (χ3v) is 4.28. The zero-order valence-corrected chi connectivity index (χ0v) is 15.1. The van der Waals surface area contributed by atoms with Crippen LogP contribution in [0.25, 0.3) is 0 Å². The molecule has 1 heterocycles. The van der Waals surface area contributed by atoms with Gasteiger partial charge in [-0.2, -0.15) is 0 Å². The molecular formula is C21H19N3O4. The van der Waals surface area contributed by atoms with Crippen molar-refractivity contribution in [3.63, 3.8) is 0 Å². The number of hydrogen-bond donors (Lipinski definition) is 1. The molecule has 0 atom stereocenters. The molecule has 142 valence electrons. The summed E-state index contributed by atoms with van der Waals surface area (Å²) in [5.74, 6) is -0.281. The van der Waals surface area contributed by atoms with Crippen LogP contribution < -0.4 is 4.90 Å². The quantitative estimate of drug-likeness (QED) is 0.368. The van der Waals surface area contributed by atoms with Crippen LogP contribution in [0.4, 0.5) is 11.4 Å². The zero-order chi connectivity index (χ0) is 19.9. The van der Waals surface area contributed by atoms with Crippen molar-refractivity contribution in [2.45, 2.75) is 6.54 Å². The highest BCUT2D eigenvalue weighted by Crippen LogP contribution is 2.31. The van der Waals surface area contributed by atoms with Crippen LogP contribution in [0.2, 0.25) is 0 Å². The van der Waals surface area contributed by atoms with E-state index in [1.54, 1.807) is 65.8 Å². The number of hydrogen-bond acceptors (Lipinski definition) is 6. The predicted octanol–water partition coefficient (Wildman–Crippen LogP) is 3.22. The molecule has 0 radical (unpaired) electrons. The van der Waals surface area contributed by atoms with Gasteiger partial charge >= 0.3 is 0 Å². The van der Waals surface area contributed by atoms with E-state index in [1.807, 2.05) is 6.07 Å². The molecule has 28 heavy (non-hydrogen) atoms. The van der Waals surface area contributed by atoms with Gasteiger partial charge in [0.1, 0.15) is 5.69 Å². The van der Waals surface area contributed by atoms with Gasteiger partial charge in [0.15, 0.2) is 5.78 Å². The van der Waals surface area contributed by atoms with Crippen molar-refractivity contribution in [2.75, 3.05) is 18.1 Å². The second-order valence-electron chi connectivity index (χ2n) is 6.16. The Morgan fingerprint density at radius 3 is 2.50 bits per heavy atom. The molecule has 0 fully saturated rings. The molecule has 0 saturated carbocycles. The van der Waals surface area contributed by atoms with E-state index in [-0.39, 0.29) is 30.2 Å². The Bertz CT molecular complexity index is 962. The van der Waals surface area contributed by atoms with Crippen molar-refractivity contribution in [2.24, 2.45) is 0 Å². The minimum Gasteiger partial charge on any atom is -0.395 e. The molecule has 0 unspecified atom stereocenters. The average molecular weight is 377 g/mol. The highest BCUT2D eigenvalue weighted by molar-refractivity contribution is 6.09. The summed E-state index contributed by atoms with van der Waals surface area (Å²) in [7, 11) is 0. The molecule has 2 aromatic carbocycles. The first kappa shape index (κ1) is 19.2. The maximum Gasteiger partial charge on any atom is 0.293 e. The Labute approximate surface area is 162 Å². The van der Waals surface area contributed by atoms with Gasteiger partial charge < -0.3 is 10.0 Å². The summed E-state index contributed by atoms with van der Waals surface area (Å²) >= 11 is 0. The average Bonchev–Trinajstić information content (AvgIpc) is 2.74. The first-order chi connectivity index (χ1) is 13.6. The van der Waals surface area contributed by atoms with Gasteiger partial charge in [-0.15, -0.1) is 0 Å². The Morgan fingerprint density at radius 1 is 1.07 bits per heavy atom. The van der Waals surface area contributed by atoms with Gasteiger partial charge in [-0.3, -0.25) is 19.9 Å². The van der Waals surface area contributed by atoms with Crippen LogP contribution >= 0.6 is 0 Å². The zero-order valence-electron chi connectivity index (χ0n) is 15.1. The molecule has 0 aliphatic heterocycles. The van der Waals surface area contributed by atoms with Crippen molar-refractivity contribution in [3.05, 3.63) is 99.9 Å². The summed E-state index contributed by atoms with van der Waals surface area (Å²) in [5, 5.41) is 21.1. The molecule has 0 spiro atoms. The minimum absolute atomic E-state index is 0.165. The number of aliphatic hydroxyl groups excluding tert-OH is 1. The first-order valence-electron chi connectivity index (χ1n) is 8.73. The first-order valence-corrected chi connectivity index (χ1v) is 8.73. The number of carbonyl (C=O) groups is 1. The number of rotatable bonds is 8. The lowest BCUT2D eigenvalue weighted by Crippen LogP contribution is -2.27. The second kappa shape index (κ2) is 8.88. The minimum atomic E-state index is -0.509. The molecule has 3 aromatic rings.